The number of hydrogen-bond donors (Lipinski definition) is 0. The minimum atomic E-state index is 0.0255. The standard InChI is InChI=1S/C38H29N5O2/c1-27(44)28-17-21-33(22-18-28)42-25-32(40-41-42)26-45-35-23-19-31(20-24-35)38-39-36(29-11-5-2-6-12-29)37(30-13-7-3-8-14-30)43(38)34-15-9-4-10-16-34/h2-25H,26H2,1H3. The number of carbonyl (C=O) groups excluding carboxylic acids is 1. The summed E-state index contributed by atoms with van der Waals surface area (Å²) in [5, 5.41) is 8.47. The molecule has 2 heterocycles. The van der Waals surface area contributed by atoms with Crippen molar-refractivity contribution >= 4 is 5.78 Å². The Morgan fingerprint density at radius 1 is 0.667 bits per heavy atom. The van der Waals surface area contributed by atoms with Crippen molar-refractivity contribution in [3.8, 4) is 51.0 Å². The highest BCUT2D eigenvalue weighted by Gasteiger charge is 2.22. The third kappa shape index (κ3) is 5.79. The highest BCUT2D eigenvalue weighted by atomic mass is 16.5. The fraction of sp³-hybridized carbons (Fsp3) is 0.0526. The first-order valence-electron chi connectivity index (χ1n) is 14.7. The first kappa shape index (κ1) is 27.7. The van der Waals surface area contributed by atoms with Crippen molar-refractivity contribution in [3.63, 3.8) is 0 Å². The molecule has 0 atom stereocenters. The van der Waals surface area contributed by atoms with Crippen LogP contribution < -0.4 is 4.74 Å². The van der Waals surface area contributed by atoms with Crippen LogP contribution >= 0.6 is 0 Å². The van der Waals surface area contributed by atoms with Gasteiger partial charge >= 0.3 is 0 Å². The number of ketones is 1. The van der Waals surface area contributed by atoms with Crippen LogP contribution in [0.15, 0.2) is 146 Å². The van der Waals surface area contributed by atoms with Crippen molar-refractivity contribution in [3.05, 3.63) is 157 Å². The first-order chi connectivity index (χ1) is 22.1. The lowest BCUT2D eigenvalue weighted by Crippen LogP contribution is -2.00. The summed E-state index contributed by atoms with van der Waals surface area (Å²) in [4.78, 5) is 16.8. The molecule has 0 amide bonds. The van der Waals surface area contributed by atoms with Crippen LogP contribution in [0.3, 0.4) is 0 Å². The Morgan fingerprint density at radius 3 is 1.93 bits per heavy atom. The van der Waals surface area contributed by atoms with Crippen LogP contribution in [0, 0.1) is 0 Å². The van der Waals surface area contributed by atoms with Crippen molar-refractivity contribution in [2.24, 2.45) is 0 Å². The largest absolute Gasteiger partial charge is 0.487 e. The van der Waals surface area contributed by atoms with Crippen LogP contribution in [0.5, 0.6) is 5.75 Å². The van der Waals surface area contributed by atoms with Gasteiger partial charge in [0, 0.05) is 27.9 Å². The number of Topliss-reactive ketones (excluding diaryl/α,β-unsaturated/α-hetero) is 1. The number of para-hydroxylation sites is 1. The molecule has 0 saturated carbocycles. The maximum absolute atomic E-state index is 11.6. The van der Waals surface area contributed by atoms with Crippen molar-refractivity contribution in [1.82, 2.24) is 24.5 Å². The lowest BCUT2D eigenvalue weighted by atomic mass is 10.0. The van der Waals surface area contributed by atoms with Gasteiger partial charge in [-0.1, -0.05) is 84.1 Å². The summed E-state index contributed by atoms with van der Waals surface area (Å²) in [5.41, 5.74) is 8.24. The third-order valence-corrected chi connectivity index (χ3v) is 7.56. The molecule has 0 saturated heterocycles. The van der Waals surface area contributed by atoms with E-state index in [-0.39, 0.29) is 12.4 Å². The quantitative estimate of drug-likeness (QED) is 0.159. The van der Waals surface area contributed by atoms with Crippen LogP contribution in [-0.2, 0) is 6.61 Å². The highest BCUT2D eigenvalue weighted by molar-refractivity contribution is 5.94. The van der Waals surface area contributed by atoms with Crippen molar-refractivity contribution in [2.75, 3.05) is 0 Å². The Labute approximate surface area is 261 Å². The summed E-state index contributed by atoms with van der Waals surface area (Å²) in [6.07, 6.45) is 1.82. The van der Waals surface area contributed by atoms with Crippen LogP contribution in [0.2, 0.25) is 0 Å². The van der Waals surface area contributed by atoms with Crippen molar-refractivity contribution in [1.29, 1.82) is 0 Å². The van der Waals surface area contributed by atoms with E-state index in [0.717, 1.165) is 45.3 Å². The number of rotatable bonds is 9. The molecule has 0 aliphatic carbocycles. The zero-order valence-electron chi connectivity index (χ0n) is 24.6. The summed E-state index contributed by atoms with van der Waals surface area (Å²) in [6, 6.07) is 46.3. The van der Waals surface area contributed by atoms with Gasteiger partial charge in [0.2, 0.25) is 0 Å². The molecule has 0 radical (unpaired) electrons. The molecule has 45 heavy (non-hydrogen) atoms. The second-order valence-electron chi connectivity index (χ2n) is 10.6. The minimum Gasteiger partial charge on any atom is -0.487 e. The molecule has 7 heteroatoms. The van der Waals surface area contributed by atoms with Crippen molar-refractivity contribution in [2.45, 2.75) is 13.5 Å². The molecular weight excluding hydrogens is 558 g/mol. The Kier molecular flexibility index (Phi) is 7.56. The summed E-state index contributed by atoms with van der Waals surface area (Å²) < 4.78 is 9.98. The average molecular weight is 588 g/mol. The van der Waals surface area contributed by atoms with Gasteiger partial charge in [0.05, 0.1) is 23.3 Å². The van der Waals surface area contributed by atoms with Gasteiger partial charge in [0.1, 0.15) is 23.9 Å². The second-order valence-corrected chi connectivity index (χ2v) is 10.6. The minimum absolute atomic E-state index is 0.0255. The highest BCUT2D eigenvalue weighted by Crippen LogP contribution is 2.38. The molecule has 7 nitrogen and oxygen atoms in total. The molecule has 7 rings (SSSR count). The average Bonchev–Trinajstić information content (AvgIpc) is 3.75. The molecule has 0 aliphatic heterocycles. The van der Waals surface area contributed by atoms with Crippen LogP contribution in [-0.4, -0.2) is 30.3 Å². The Bertz CT molecular complexity index is 2050. The van der Waals surface area contributed by atoms with Gasteiger partial charge in [-0.3, -0.25) is 9.36 Å². The van der Waals surface area contributed by atoms with Crippen LogP contribution in [0.4, 0.5) is 0 Å². The molecule has 0 aliphatic rings. The van der Waals surface area contributed by atoms with E-state index < -0.39 is 0 Å². The number of imidazole rings is 1. The number of carbonyl (C=O) groups is 1. The molecule has 0 bridgehead atoms. The predicted octanol–water partition coefficient (Wildman–Crippen LogP) is 8.24. The van der Waals surface area contributed by atoms with Gasteiger partial charge in [-0.05, 0) is 67.6 Å². The van der Waals surface area contributed by atoms with Crippen LogP contribution in [0.25, 0.3) is 45.3 Å². The molecule has 0 unspecified atom stereocenters. The molecule has 7 aromatic rings. The third-order valence-electron chi connectivity index (χ3n) is 7.56. The molecule has 0 fully saturated rings. The maximum atomic E-state index is 11.6. The lowest BCUT2D eigenvalue weighted by molar-refractivity contribution is 0.101. The van der Waals surface area contributed by atoms with Crippen LogP contribution in [0.1, 0.15) is 23.0 Å². The normalized spacial score (nSPS) is 11.0. The van der Waals surface area contributed by atoms with Gasteiger partial charge in [0.25, 0.3) is 0 Å². The van der Waals surface area contributed by atoms with E-state index in [1.165, 1.54) is 0 Å². The first-order valence-corrected chi connectivity index (χ1v) is 14.7. The summed E-state index contributed by atoms with van der Waals surface area (Å²) in [6.45, 7) is 1.81. The fourth-order valence-electron chi connectivity index (χ4n) is 5.30. The van der Waals surface area contributed by atoms with Crippen molar-refractivity contribution < 1.29 is 9.53 Å². The molecule has 2 aromatic heterocycles. The smallest absolute Gasteiger partial charge is 0.159 e. The van der Waals surface area contributed by atoms with E-state index in [1.54, 1.807) is 23.7 Å². The van der Waals surface area contributed by atoms with Gasteiger partial charge in [-0.15, -0.1) is 5.10 Å². The van der Waals surface area contributed by atoms with Gasteiger partial charge < -0.3 is 4.74 Å². The molecule has 218 valence electrons. The topological polar surface area (TPSA) is 74.8 Å². The number of nitrogens with zero attached hydrogens (tertiary/aromatic N) is 5. The molecule has 0 spiro atoms. The SMILES string of the molecule is CC(=O)c1ccc(-n2cc(COc3ccc(-c4nc(-c5ccccc5)c(-c5ccccc5)n4-c4ccccc4)cc3)nn2)cc1. The molecule has 0 N–H and O–H groups in total. The summed E-state index contributed by atoms with van der Waals surface area (Å²) in [7, 11) is 0. The van der Waals surface area contributed by atoms with Gasteiger partial charge in [-0.2, -0.15) is 0 Å². The van der Waals surface area contributed by atoms with E-state index in [1.807, 2.05) is 85.1 Å². The van der Waals surface area contributed by atoms with E-state index in [4.69, 9.17) is 9.72 Å². The van der Waals surface area contributed by atoms with E-state index >= 15 is 0 Å². The number of aromatic nitrogens is 5. The van der Waals surface area contributed by atoms with Gasteiger partial charge in [-0.25, -0.2) is 9.67 Å². The molecular formula is C38H29N5O2. The zero-order valence-corrected chi connectivity index (χ0v) is 24.6. The van der Waals surface area contributed by atoms with Gasteiger partial charge in [0.15, 0.2) is 5.78 Å². The Hall–Kier alpha value is -6.08. The van der Waals surface area contributed by atoms with E-state index in [2.05, 4.69) is 63.4 Å². The number of benzene rings is 5. The van der Waals surface area contributed by atoms with E-state index in [0.29, 0.717) is 17.0 Å². The monoisotopic (exact) mass is 587 g/mol. The number of ether oxygens (including phenoxy) is 1. The summed E-state index contributed by atoms with van der Waals surface area (Å²) in [5.74, 6) is 1.57. The predicted molar refractivity (Wildman–Crippen MR) is 176 cm³/mol. The summed E-state index contributed by atoms with van der Waals surface area (Å²) >= 11 is 0. The lowest BCUT2D eigenvalue weighted by Gasteiger charge is -2.14. The van der Waals surface area contributed by atoms with E-state index in [9.17, 15) is 4.79 Å². The fourth-order valence-corrected chi connectivity index (χ4v) is 5.30. The maximum Gasteiger partial charge on any atom is 0.159 e. The zero-order chi connectivity index (χ0) is 30.6. The second kappa shape index (κ2) is 12.3. The Balaban J connectivity index is 1.19. The number of hydrogen-bond acceptors (Lipinski definition) is 5. The molecule has 5 aromatic carbocycles. The Morgan fingerprint density at radius 2 is 1.29 bits per heavy atom.